The third-order valence-corrected chi connectivity index (χ3v) is 17.1. The van der Waals surface area contributed by atoms with E-state index < -0.39 is 299 Å². The Hall–Kier alpha value is -1.56. The van der Waals surface area contributed by atoms with Gasteiger partial charge in [-0.25, -0.2) is 0 Å². The second-order valence-corrected chi connectivity index (χ2v) is 22.7. The van der Waals surface area contributed by atoms with Gasteiger partial charge in [-0.2, -0.15) is 0 Å². The van der Waals surface area contributed by atoms with Crippen LogP contribution >= 0.6 is 0 Å². The van der Waals surface area contributed by atoms with Crippen LogP contribution < -0.4 is 0 Å². The van der Waals surface area contributed by atoms with Gasteiger partial charge in [0.25, 0.3) is 0 Å². The van der Waals surface area contributed by atoms with E-state index in [2.05, 4.69) is 0 Å². The molecule has 30 aliphatic heterocycles. The molecule has 88 heavy (non-hydrogen) atoms. The fourth-order valence-electron chi connectivity index (χ4n) is 12.1. The average Bonchev–Trinajstić information content (AvgIpc) is 2.85. The summed E-state index contributed by atoms with van der Waals surface area (Å²) in [7, 11) is 0. The zero-order valence-corrected chi connectivity index (χ0v) is 46.8. The number of rotatable bonds is 8. The van der Waals surface area contributed by atoms with E-state index in [1.807, 2.05) is 0 Å². The highest BCUT2D eigenvalue weighted by molar-refractivity contribution is 5.01. The highest BCUT2D eigenvalue weighted by Gasteiger charge is 2.59. The second-order valence-electron chi connectivity index (χ2n) is 22.7. The lowest BCUT2D eigenvalue weighted by molar-refractivity contribution is -0.399. The van der Waals surface area contributed by atoms with Gasteiger partial charge in [0.15, 0.2) is 50.3 Å². The maximum Gasteiger partial charge on any atom is 0.187 e. The molecule has 0 aromatic rings. The summed E-state index contributed by atoms with van der Waals surface area (Å²) in [6.07, 6.45) is -72.4. The van der Waals surface area contributed by atoms with Crippen molar-refractivity contribution in [3.05, 3.63) is 0 Å². The molecule has 30 fully saturated rings. The molecule has 30 aliphatic rings. The Morgan fingerprint density at radius 3 is 0.670 bits per heavy atom. The standard InChI is InChI=1S/C49H82O38.H2O/c1-11-22(59)35-15(4-51)74-42(11)81-36-16(5-52)76-46(30(67)24(36)61)85-40-20(9-56)80-49(34(71)28(40)65)87-41-21(10-57)79-48(33(70)27(41)64)84-38-18(7-54)75-44(29(66)23(38)60)72-13-2-12(58)43(73-14(13)3-50)82-37-17(6-53)77-47(31(68)25(37)62)86-39-19(8-55)78-45(83-35)32(69)26(39)63;/h11-71H,2-10H2,1H3;1H2/t11?,12?,13-,14?,15?,16?,17?,18?,19?,20?,21?,22+,23+,24+,25+,26+,27+,28+,29?,30?,31?,32?,33?,34?,35+,36+,37+,38+,39+,40+,41+,42+,43+,44-,45+,46+,47+,48+,49+;/m0./s1. The van der Waals surface area contributed by atoms with Gasteiger partial charge in [0, 0.05) is 12.3 Å². The van der Waals surface area contributed by atoms with Gasteiger partial charge < -0.3 is 194 Å². The van der Waals surface area contributed by atoms with E-state index >= 15 is 0 Å². The molecule has 0 spiro atoms. The fraction of sp³-hybridized carbons (Fsp3) is 1.00. The molecule has 0 aromatic heterocycles. The molecular formula is C49H84O39. The van der Waals surface area contributed by atoms with E-state index in [1.54, 1.807) is 0 Å². The van der Waals surface area contributed by atoms with Crippen LogP contribution in [0.2, 0.25) is 0 Å². The number of aliphatic hydroxyl groups excluding tert-OH is 22. The van der Waals surface area contributed by atoms with Gasteiger partial charge in [0.1, 0.15) is 171 Å². The van der Waals surface area contributed by atoms with Gasteiger partial charge in [0.2, 0.25) is 0 Å². The Bertz CT molecular complexity index is 2100. The van der Waals surface area contributed by atoms with Gasteiger partial charge in [-0.05, 0) is 0 Å². The van der Waals surface area contributed by atoms with Crippen LogP contribution in [-0.2, 0) is 75.8 Å². The van der Waals surface area contributed by atoms with E-state index in [4.69, 9.17) is 75.8 Å². The lowest BCUT2D eigenvalue weighted by Crippen LogP contribution is -2.68. The summed E-state index contributed by atoms with van der Waals surface area (Å²) >= 11 is 0. The molecule has 30 heterocycles. The minimum Gasteiger partial charge on any atom is -0.412 e. The number of aliphatic hydroxyl groups is 22. The first-order chi connectivity index (χ1) is 41.5. The van der Waals surface area contributed by atoms with Crippen LogP contribution in [0, 0.1) is 5.92 Å². The molecule has 0 amide bonds. The molecule has 514 valence electrons. The SMILES string of the molecule is CC1[C@@H]2OC(CO)[C@@H](O[C@H]3OC(CO)[C@@H](O[C@H]4OC(CO)[C@@H](O[C@H]5OC(CO)[C@H](CC5O)O[C@H]5OC(CO)[C@@H](O[C@H]6OC(CO)[C@@H](O[C@H]7OC(CO)[C@@H](O[C@H]8OC(CO)[C@@H](O2)[C@H](O)C8O)[C@H](O)C7O)[C@H](O)C6O)[C@H](O)C5O)[C@H](O)C4O)[C@H](O)C3O)[C@@H]1O.O. The Morgan fingerprint density at radius 1 is 0.227 bits per heavy atom. The van der Waals surface area contributed by atoms with Crippen molar-refractivity contribution in [1.82, 2.24) is 0 Å². The van der Waals surface area contributed by atoms with Gasteiger partial charge in [-0.3, -0.25) is 0 Å². The highest BCUT2D eigenvalue weighted by atomic mass is 16.8. The first kappa shape index (κ1) is 72.3. The van der Waals surface area contributed by atoms with E-state index in [1.165, 1.54) is 6.92 Å². The second kappa shape index (κ2) is 30.9. The summed E-state index contributed by atoms with van der Waals surface area (Å²) in [4.78, 5) is 0. The van der Waals surface area contributed by atoms with Crippen molar-refractivity contribution in [3.8, 4) is 0 Å². The van der Waals surface area contributed by atoms with Gasteiger partial charge in [-0.1, -0.05) is 6.92 Å². The monoisotopic (exact) mass is 1300 g/mol. The maximum absolute atomic E-state index is 11.6. The third-order valence-electron chi connectivity index (χ3n) is 17.1. The summed E-state index contributed by atoms with van der Waals surface area (Å²) < 4.78 is 92.7. The zero-order chi connectivity index (χ0) is 63.2. The normalized spacial score (nSPS) is 54.4. The van der Waals surface area contributed by atoms with E-state index in [9.17, 15) is 112 Å². The smallest absolute Gasteiger partial charge is 0.187 e. The quantitative estimate of drug-likeness (QED) is 0.107. The molecule has 24 N–H and O–H groups in total. The Balaban J connectivity index is 0.0000100. The van der Waals surface area contributed by atoms with Crippen molar-refractivity contribution in [3.63, 3.8) is 0 Å². The lowest BCUT2D eigenvalue weighted by Gasteiger charge is -2.50. The van der Waals surface area contributed by atoms with Gasteiger partial charge >= 0.3 is 0 Å². The van der Waals surface area contributed by atoms with Crippen molar-refractivity contribution in [2.45, 2.75) is 247 Å². The van der Waals surface area contributed by atoms with E-state index in [-0.39, 0.29) is 5.48 Å². The largest absolute Gasteiger partial charge is 0.412 e. The third kappa shape index (κ3) is 14.3. The van der Waals surface area contributed by atoms with Gasteiger partial charge in [0.05, 0.1) is 65.1 Å². The maximum atomic E-state index is 11.6. The van der Waals surface area contributed by atoms with Crippen LogP contribution in [0.5, 0.6) is 0 Å². The molecule has 30 saturated heterocycles. The summed E-state index contributed by atoms with van der Waals surface area (Å²) in [6.45, 7) is -6.59. The Kier molecular flexibility index (Phi) is 25.4. The summed E-state index contributed by atoms with van der Waals surface area (Å²) in [5, 5.41) is 243. The molecule has 0 radical (unpaired) electrons. The van der Waals surface area contributed by atoms with Crippen molar-refractivity contribution >= 4 is 0 Å². The minimum atomic E-state index is -2.20. The highest BCUT2D eigenvalue weighted by Crippen LogP contribution is 2.40. The van der Waals surface area contributed by atoms with Crippen LogP contribution in [0.15, 0.2) is 0 Å². The molecule has 39 atom stereocenters. The summed E-state index contributed by atoms with van der Waals surface area (Å²) in [6, 6.07) is 0. The molecular weight excluding hydrogens is 1210 g/mol. The molecule has 30 rings (SSSR count). The topological polar surface area (TPSA) is 624 Å². The zero-order valence-electron chi connectivity index (χ0n) is 46.8. The van der Waals surface area contributed by atoms with E-state index in [0.29, 0.717) is 0 Å². The summed E-state index contributed by atoms with van der Waals surface area (Å²) in [5.74, 6) is -1.23. The molecule has 39 heteroatoms. The van der Waals surface area contributed by atoms with E-state index in [0.717, 1.165) is 0 Å². The van der Waals surface area contributed by atoms with Crippen molar-refractivity contribution in [1.29, 1.82) is 0 Å². The lowest BCUT2D eigenvalue weighted by atomic mass is 9.91. The van der Waals surface area contributed by atoms with Crippen LogP contribution in [0.3, 0.4) is 0 Å². The Morgan fingerprint density at radius 2 is 0.420 bits per heavy atom. The van der Waals surface area contributed by atoms with Crippen molar-refractivity contribution in [2.75, 3.05) is 52.9 Å². The number of hydrogen-bond donors (Lipinski definition) is 22. The summed E-state index contributed by atoms with van der Waals surface area (Å²) in [5.41, 5.74) is 0. The van der Waals surface area contributed by atoms with Gasteiger partial charge in [-0.15, -0.1) is 0 Å². The molecule has 0 aromatic carbocycles. The molecule has 39 nitrogen and oxygen atoms in total. The minimum absolute atomic E-state index is 0. The Labute approximate surface area is 498 Å². The molecule has 16 unspecified atom stereocenters. The van der Waals surface area contributed by atoms with Crippen molar-refractivity contribution < 1.29 is 194 Å². The van der Waals surface area contributed by atoms with Crippen LogP contribution in [0.4, 0.5) is 0 Å². The van der Waals surface area contributed by atoms with Crippen LogP contribution in [0.25, 0.3) is 0 Å². The first-order valence-corrected chi connectivity index (χ1v) is 28.3. The van der Waals surface area contributed by atoms with Crippen LogP contribution in [0.1, 0.15) is 13.3 Å². The predicted octanol–water partition coefficient (Wildman–Crippen LogP) is -15.9. The van der Waals surface area contributed by atoms with Crippen LogP contribution in [-0.4, -0.2) is 404 Å². The average molecular weight is 1300 g/mol. The number of ether oxygens (including phenoxy) is 16. The predicted molar refractivity (Wildman–Crippen MR) is 266 cm³/mol. The molecule has 0 aliphatic carbocycles. The first-order valence-electron chi connectivity index (χ1n) is 28.3. The molecule has 16 bridgehead atoms. The number of hydrogen-bond acceptors (Lipinski definition) is 38. The van der Waals surface area contributed by atoms with Crippen molar-refractivity contribution in [2.24, 2.45) is 5.92 Å². The fourth-order valence-corrected chi connectivity index (χ4v) is 12.1. The molecule has 0 saturated carbocycles.